The molecule has 1 aromatic heterocycles. The maximum Gasteiger partial charge on any atom is 0.270 e. The Morgan fingerprint density at radius 3 is 2.76 bits per heavy atom. The zero-order valence-corrected chi connectivity index (χ0v) is 10.3. The lowest BCUT2D eigenvalue weighted by atomic mass is 10.1. The molecule has 0 aliphatic rings. The molecule has 0 saturated carbocycles. The fourth-order valence-electron chi connectivity index (χ4n) is 1.55. The number of hydrogen-bond donors (Lipinski definition) is 2. The van der Waals surface area contributed by atoms with Crippen molar-refractivity contribution in [3.05, 3.63) is 34.2 Å². The van der Waals surface area contributed by atoms with Crippen molar-refractivity contribution >= 4 is 5.91 Å². The summed E-state index contributed by atoms with van der Waals surface area (Å²) in [5, 5.41) is 0. The Labute approximate surface area is 101 Å². The van der Waals surface area contributed by atoms with Crippen molar-refractivity contribution in [1.82, 2.24) is 9.88 Å². The smallest absolute Gasteiger partial charge is 0.270 e. The van der Waals surface area contributed by atoms with Gasteiger partial charge in [0.15, 0.2) is 0 Å². The maximum absolute atomic E-state index is 12.1. The summed E-state index contributed by atoms with van der Waals surface area (Å²) in [7, 11) is 0. The molecule has 0 aliphatic heterocycles. The molecule has 0 fully saturated rings. The number of carbonyl (C=O) groups is 1. The maximum atomic E-state index is 12.1. The summed E-state index contributed by atoms with van der Waals surface area (Å²) < 4.78 is 0. The second-order valence-electron chi connectivity index (χ2n) is 4.11. The van der Waals surface area contributed by atoms with Gasteiger partial charge in [0.2, 0.25) is 5.56 Å². The first kappa shape index (κ1) is 13.4. The topological polar surface area (TPSA) is 79.2 Å². The van der Waals surface area contributed by atoms with Gasteiger partial charge in [0, 0.05) is 19.2 Å². The van der Waals surface area contributed by atoms with E-state index in [0.29, 0.717) is 25.3 Å². The first-order chi connectivity index (χ1) is 8.08. The number of rotatable bonds is 5. The summed E-state index contributed by atoms with van der Waals surface area (Å²) in [6.07, 6.45) is 0. The van der Waals surface area contributed by atoms with E-state index in [9.17, 15) is 9.59 Å². The number of nitrogens with two attached hydrogens (primary N) is 1. The molecule has 0 saturated heterocycles. The summed E-state index contributed by atoms with van der Waals surface area (Å²) in [5.41, 5.74) is 5.60. The Morgan fingerprint density at radius 2 is 2.24 bits per heavy atom. The molecule has 0 radical (unpaired) electrons. The molecule has 1 aromatic rings. The minimum Gasteiger partial charge on any atom is -0.337 e. The van der Waals surface area contributed by atoms with Crippen molar-refractivity contribution < 1.29 is 4.79 Å². The number of nitrogens with zero attached hydrogens (tertiary/aromatic N) is 1. The number of nitrogens with one attached hydrogen (secondary N) is 1. The summed E-state index contributed by atoms with van der Waals surface area (Å²) in [6.45, 7) is 5.63. The molecule has 5 heteroatoms. The van der Waals surface area contributed by atoms with E-state index in [-0.39, 0.29) is 17.4 Å². The largest absolute Gasteiger partial charge is 0.337 e. The van der Waals surface area contributed by atoms with Gasteiger partial charge in [0.25, 0.3) is 5.91 Å². The Morgan fingerprint density at radius 1 is 1.53 bits per heavy atom. The van der Waals surface area contributed by atoms with Gasteiger partial charge in [-0.2, -0.15) is 0 Å². The van der Waals surface area contributed by atoms with Gasteiger partial charge in [-0.3, -0.25) is 9.59 Å². The average Bonchev–Trinajstić information content (AvgIpc) is 2.34. The number of H-pyrrole nitrogens is 1. The molecule has 1 heterocycles. The van der Waals surface area contributed by atoms with E-state index in [4.69, 9.17) is 5.73 Å². The van der Waals surface area contributed by atoms with E-state index in [1.165, 1.54) is 6.07 Å². The predicted octanol–water partition coefficient (Wildman–Crippen LogP) is 0.432. The van der Waals surface area contributed by atoms with Crippen molar-refractivity contribution in [3.8, 4) is 0 Å². The fourth-order valence-corrected chi connectivity index (χ4v) is 1.55. The van der Waals surface area contributed by atoms with Gasteiger partial charge in [-0.1, -0.05) is 13.0 Å². The summed E-state index contributed by atoms with van der Waals surface area (Å²) >= 11 is 0. The quantitative estimate of drug-likeness (QED) is 0.779. The van der Waals surface area contributed by atoms with Crippen molar-refractivity contribution in [2.75, 3.05) is 19.6 Å². The lowest BCUT2D eigenvalue weighted by Crippen LogP contribution is -2.37. The molecule has 0 aromatic carbocycles. The van der Waals surface area contributed by atoms with Crippen LogP contribution in [0.3, 0.4) is 0 Å². The first-order valence-electron chi connectivity index (χ1n) is 5.77. The molecule has 1 rings (SSSR count). The van der Waals surface area contributed by atoms with Crippen LogP contribution in [0.15, 0.2) is 23.0 Å². The normalized spacial score (nSPS) is 12.2. The fraction of sp³-hybridized carbons (Fsp3) is 0.500. The molecular formula is C12H19N3O2. The highest BCUT2D eigenvalue weighted by Gasteiger charge is 2.16. The first-order valence-corrected chi connectivity index (χ1v) is 5.77. The van der Waals surface area contributed by atoms with Gasteiger partial charge in [-0.05, 0) is 25.5 Å². The van der Waals surface area contributed by atoms with Gasteiger partial charge in [0.1, 0.15) is 5.69 Å². The molecule has 1 unspecified atom stereocenters. The van der Waals surface area contributed by atoms with Crippen LogP contribution in [0, 0.1) is 5.92 Å². The number of pyridine rings is 1. The molecular weight excluding hydrogens is 218 g/mol. The predicted molar refractivity (Wildman–Crippen MR) is 66.9 cm³/mol. The highest BCUT2D eigenvalue weighted by Crippen LogP contribution is 2.03. The molecule has 94 valence electrons. The molecule has 1 amide bonds. The molecule has 0 aliphatic carbocycles. The lowest BCUT2D eigenvalue weighted by Gasteiger charge is -2.23. The molecule has 0 spiro atoms. The second kappa shape index (κ2) is 6.20. The third-order valence-corrected chi connectivity index (χ3v) is 2.60. The van der Waals surface area contributed by atoms with Crippen molar-refractivity contribution in [2.45, 2.75) is 13.8 Å². The second-order valence-corrected chi connectivity index (χ2v) is 4.11. The van der Waals surface area contributed by atoms with Crippen LogP contribution in [0.5, 0.6) is 0 Å². The zero-order valence-electron chi connectivity index (χ0n) is 10.3. The van der Waals surface area contributed by atoms with Crippen LogP contribution in [0.25, 0.3) is 0 Å². The van der Waals surface area contributed by atoms with Crippen LogP contribution in [0.4, 0.5) is 0 Å². The minimum atomic E-state index is -0.265. The highest BCUT2D eigenvalue weighted by molar-refractivity contribution is 5.92. The number of aromatic nitrogens is 1. The molecule has 5 nitrogen and oxygen atoms in total. The third-order valence-electron chi connectivity index (χ3n) is 2.60. The Hall–Kier alpha value is -1.62. The average molecular weight is 237 g/mol. The van der Waals surface area contributed by atoms with Crippen LogP contribution in [-0.2, 0) is 0 Å². The lowest BCUT2D eigenvalue weighted by molar-refractivity contribution is 0.0737. The Balaban J connectivity index is 2.82. The zero-order chi connectivity index (χ0) is 12.8. The van der Waals surface area contributed by atoms with Gasteiger partial charge in [-0.15, -0.1) is 0 Å². The SMILES string of the molecule is CCN(CC(C)CN)C(=O)c1cccc(=O)[nH]1. The molecule has 1 atom stereocenters. The van der Waals surface area contributed by atoms with Crippen molar-refractivity contribution in [1.29, 1.82) is 0 Å². The van der Waals surface area contributed by atoms with Gasteiger partial charge in [0.05, 0.1) is 0 Å². The number of carbonyl (C=O) groups excluding carboxylic acids is 1. The Kier molecular flexibility index (Phi) is 4.90. The van der Waals surface area contributed by atoms with E-state index in [0.717, 1.165) is 0 Å². The standard InChI is InChI=1S/C12H19N3O2/c1-3-15(8-9(2)7-13)12(17)10-5-4-6-11(16)14-10/h4-6,9H,3,7-8,13H2,1-2H3,(H,14,16). The van der Waals surface area contributed by atoms with Crippen LogP contribution >= 0.6 is 0 Å². The number of amides is 1. The van der Waals surface area contributed by atoms with E-state index in [2.05, 4.69) is 4.98 Å². The van der Waals surface area contributed by atoms with Crippen LogP contribution in [0.2, 0.25) is 0 Å². The third kappa shape index (κ3) is 3.71. The Bertz CT molecular complexity index is 428. The van der Waals surface area contributed by atoms with Gasteiger partial charge in [-0.25, -0.2) is 0 Å². The minimum absolute atomic E-state index is 0.162. The van der Waals surface area contributed by atoms with E-state index < -0.39 is 0 Å². The monoisotopic (exact) mass is 237 g/mol. The number of hydrogen-bond acceptors (Lipinski definition) is 3. The van der Waals surface area contributed by atoms with Crippen molar-refractivity contribution in [2.24, 2.45) is 11.7 Å². The number of aromatic amines is 1. The summed E-state index contributed by atoms with van der Waals surface area (Å²) in [6, 6.07) is 4.57. The molecule has 17 heavy (non-hydrogen) atoms. The van der Waals surface area contributed by atoms with E-state index in [1.54, 1.807) is 17.0 Å². The molecule has 3 N–H and O–H groups in total. The van der Waals surface area contributed by atoms with Crippen molar-refractivity contribution in [3.63, 3.8) is 0 Å². The van der Waals surface area contributed by atoms with Crippen LogP contribution in [0.1, 0.15) is 24.3 Å². The highest BCUT2D eigenvalue weighted by atomic mass is 16.2. The summed E-state index contributed by atoms with van der Waals surface area (Å²) in [5.74, 6) is 0.0832. The van der Waals surface area contributed by atoms with E-state index >= 15 is 0 Å². The molecule has 0 bridgehead atoms. The van der Waals surface area contributed by atoms with Gasteiger partial charge >= 0.3 is 0 Å². The van der Waals surface area contributed by atoms with Gasteiger partial charge < -0.3 is 15.6 Å². The van der Waals surface area contributed by atoms with Crippen LogP contribution in [-0.4, -0.2) is 35.4 Å². The van der Waals surface area contributed by atoms with E-state index in [1.807, 2.05) is 13.8 Å². The summed E-state index contributed by atoms with van der Waals surface area (Å²) in [4.78, 5) is 27.5. The van der Waals surface area contributed by atoms with Crippen LogP contribution < -0.4 is 11.3 Å².